The Labute approximate surface area is 106 Å². The van der Waals surface area contributed by atoms with Gasteiger partial charge in [-0.15, -0.1) is 0 Å². The van der Waals surface area contributed by atoms with E-state index in [0.29, 0.717) is 30.7 Å². The van der Waals surface area contributed by atoms with Crippen molar-refractivity contribution in [2.24, 2.45) is 0 Å². The van der Waals surface area contributed by atoms with Crippen molar-refractivity contribution in [1.82, 2.24) is 20.4 Å². The maximum Gasteiger partial charge on any atom is 0.224 e. The lowest BCUT2D eigenvalue weighted by atomic mass is 9.99. The van der Waals surface area contributed by atoms with Gasteiger partial charge in [-0.05, 0) is 19.3 Å². The van der Waals surface area contributed by atoms with E-state index >= 15 is 0 Å². The highest BCUT2D eigenvalue weighted by molar-refractivity contribution is 5.80. The van der Waals surface area contributed by atoms with E-state index in [2.05, 4.69) is 15.5 Å². The molecule has 0 saturated carbocycles. The average molecular weight is 250 g/mol. The zero-order valence-electron chi connectivity index (χ0n) is 10.6. The van der Waals surface area contributed by atoms with Crippen LogP contribution in [0, 0.1) is 6.92 Å². The number of hydrogen-bond donors (Lipinski definition) is 1. The van der Waals surface area contributed by atoms with E-state index in [-0.39, 0.29) is 11.9 Å². The van der Waals surface area contributed by atoms with Crippen LogP contribution in [0.5, 0.6) is 0 Å². The maximum atomic E-state index is 11.9. The molecule has 6 nitrogen and oxygen atoms in total. The molecule has 0 bridgehead atoms. The minimum absolute atomic E-state index is 0.233. The molecule has 18 heavy (non-hydrogen) atoms. The number of aromatic nitrogens is 2. The molecule has 2 fully saturated rings. The number of piperidine rings is 1. The lowest BCUT2D eigenvalue weighted by Crippen LogP contribution is -2.45. The first-order chi connectivity index (χ1) is 8.74. The molecule has 2 aliphatic rings. The zero-order chi connectivity index (χ0) is 12.5. The summed E-state index contributed by atoms with van der Waals surface area (Å²) in [5, 5.41) is 7.25. The Bertz CT molecular complexity index is 445. The fourth-order valence-corrected chi connectivity index (χ4v) is 2.97. The highest BCUT2D eigenvalue weighted by Gasteiger charge is 2.40. The molecule has 2 unspecified atom stereocenters. The summed E-state index contributed by atoms with van der Waals surface area (Å²) in [6, 6.07) is 0.593. The van der Waals surface area contributed by atoms with Crippen LogP contribution in [0.2, 0.25) is 0 Å². The molecule has 1 N–H and O–H groups in total. The molecule has 1 amide bonds. The first-order valence-electron chi connectivity index (χ1n) is 6.56. The van der Waals surface area contributed by atoms with Gasteiger partial charge < -0.3 is 14.7 Å². The molecular formula is C12H18N4O2. The van der Waals surface area contributed by atoms with Crippen molar-refractivity contribution >= 4 is 5.91 Å². The Balaban J connectivity index is 1.61. The number of nitrogens with one attached hydrogen (secondary N) is 1. The van der Waals surface area contributed by atoms with Crippen molar-refractivity contribution in [2.75, 3.05) is 6.54 Å². The van der Waals surface area contributed by atoms with Gasteiger partial charge in [-0.1, -0.05) is 5.16 Å². The lowest BCUT2D eigenvalue weighted by molar-refractivity contribution is -0.129. The van der Waals surface area contributed by atoms with E-state index in [1.165, 1.54) is 6.42 Å². The summed E-state index contributed by atoms with van der Waals surface area (Å²) in [6.45, 7) is 3.26. The van der Waals surface area contributed by atoms with E-state index in [4.69, 9.17) is 4.52 Å². The molecule has 98 valence electrons. The van der Waals surface area contributed by atoms with Gasteiger partial charge in [0.25, 0.3) is 0 Å². The Morgan fingerprint density at radius 3 is 3.17 bits per heavy atom. The second-order valence-electron chi connectivity index (χ2n) is 5.07. The van der Waals surface area contributed by atoms with E-state index in [9.17, 15) is 4.79 Å². The first kappa shape index (κ1) is 11.6. The second-order valence-corrected chi connectivity index (χ2v) is 5.07. The van der Waals surface area contributed by atoms with Crippen molar-refractivity contribution in [1.29, 1.82) is 0 Å². The molecule has 2 aliphatic heterocycles. The summed E-state index contributed by atoms with van der Waals surface area (Å²) in [7, 11) is 0. The molecule has 3 heterocycles. The Kier molecular flexibility index (Phi) is 3.03. The van der Waals surface area contributed by atoms with Crippen LogP contribution in [0.3, 0.4) is 0 Å². The van der Waals surface area contributed by atoms with Gasteiger partial charge in [-0.25, -0.2) is 0 Å². The molecular weight excluding hydrogens is 232 g/mol. The van der Waals surface area contributed by atoms with Gasteiger partial charge in [0.15, 0.2) is 5.82 Å². The summed E-state index contributed by atoms with van der Waals surface area (Å²) in [5.41, 5.74) is 0. The van der Waals surface area contributed by atoms with E-state index in [1.54, 1.807) is 6.92 Å². The van der Waals surface area contributed by atoms with Crippen LogP contribution in [0.4, 0.5) is 0 Å². The predicted octanol–water partition coefficient (Wildman–Crippen LogP) is 0.621. The third-order valence-electron chi connectivity index (χ3n) is 3.82. The number of rotatable bonds is 3. The maximum absolute atomic E-state index is 11.9. The normalized spacial score (nSPS) is 27.6. The topological polar surface area (TPSA) is 71.3 Å². The minimum Gasteiger partial charge on any atom is -0.340 e. The van der Waals surface area contributed by atoms with Gasteiger partial charge in [0.1, 0.15) is 0 Å². The van der Waals surface area contributed by atoms with Gasteiger partial charge in [-0.3, -0.25) is 4.79 Å². The standard InChI is InChI=1S/C12H18N4O2/c1-8-14-11(15-18-8)7-13-9-6-12(17)16-5-3-2-4-10(9)16/h9-10,13H,2-7H2,1H3. The number of nitrogens with zero attached hydrogens (tertiary/aromatic N) is 3. The quantitative estimate of drug-likeness (QED) is 0.851. The number of hydrogen-bond acceptors (Lipinski definition) is 5. The smallest absolute Gasteiger partial charge is 0.224 e. The number of fused-ring (bicyclic) bond motifs is 1. The highest BCUT2D eigenvalue weighted by Crippen LogP contribution is 2.28. The largest absolute Gasteiger partial charge is 0.340 e. The van der Waals surface area contributed by atoms with Crippen LogP contribution >= 0.6 is 0 Å². The Morgan fingerprint density at radius 1 is 1.50 bits per heavy atom. The molecule has 0 aromatic carbocycles. The monoisotopic (exact) mass is 250 g/mol. The van der Waals surface area contributed by atoms with E-state index < -0.39 is 0 Å². The molecule has 1 aromatic heterocycles. The summed E-state index contributed by atoms with van der Waals surface area (Å²) >= 11 is 0. The van der Waals surface area contributed by atoms with E-state index in [1.807, 2.05) is 4.90 Å². The number of carbonyl (C=O) groups excluding carboxylic acids is 1. The number of carbonyl (C=O) groups is 1. The Morgan fingerprint density at radius 2 is 2.39 bits per heavy atom. The van der Waals surface area contributed by atoms with Crippen molar-refractivity contribution in [3.05, 3.63) is 11.7 Å². The fourth-order valence-electron chi connectivity index (χ4n) is 2.97. The van der Waals surface area contributed by atoms with Crippen molar-refractivity contribution in [2.45, 2.75) is 51.2 Å². The lowest BCUT2D eigenvalue weighted by Gasteiger charge is -2.32. The molecule has 0 spiro atoms. The highest BCUT2D eigenvalue weighted by atomic mass is 16.5. The summed E-state index contributed by atoms with van der Waals surface area (Å²) in [6.07, 6.45) is 4.06. The number of aryl methyl sites for hydroxylation is 1. The van der Waals surface area contributed by atoms with Crippen LogP contribution in [0.15, 0.2) is 4.52 Å². The van der Waals surface area contributed by atoms with Gasteiger partial charge in [0.2, 0.25) is 11.8 Å². The minimum atomic E-state index is 0.233. The zero-order valence-corrected chi connectivity index (χ0v) is 10.6. The van der Waals surface area contributed by atoms with E-state index in [0.717, 1.165) is 19.4 Å². The van der Waals surface area contributed by atoms with Crippen LogP contribution in [0.25, 0.3) is 0 Å². The summed E-state index contributed by atoms with van der Waals surface area (Å²) in [5.74, 6) is 1.52. The molecule has 3 rings (SSSR count). The summed E-state index contributed by atoms with van der Waals surface area (Å²) in [4.78, 5) is 18.1. The third-order valence-corrected chi connectivity index (χ3v) is 3.82. The fraction of sp³-hybridized carbons (Fsp3) is 0.750. The van der Waals surface area contributed by atoms with Crippen molar-refractivity contribution in [3.8, 4) is 0 Å². The van der Waals surface area contributed by atoms with Crippen LogP contribution in [0.1, 0.15) is 37.4 Å². The van der Waals surface area contributed by atoms with Crippen LogP contribution in [-0.2, 0) is 11.3 Å². The van der Waals surface area contributed by atoms with Crippen molar-refractivity contribution < 1.29 is 9.32 Å². The molecule has 1 aromatic rings. The van der Waals surface area contributed by atoms with Gasteiger partial charge in [-0.2, -0.15) is 4.98 Å². The summed E-state index contributed by atoms with van der Waals surface area (Å²) < 4.78 is 4.93. The van der Waals surface area contributed by atoms with Gasteiger partial charge in [0.05, 0.1) is 6.54 Å². The van der Waals surface area contributed by atoms with Crippen molar-refractivity contribution in [3.63, 3.8) is 0 Å². The average Bonchev–Trinajstić information content (AvgIpc) is 2.92. The SMILES string of the molecule is Cc1nc(CNC2CC(=O)N3CCCCC23)no1. The molecule has 0 aliphatic carbocycles. The predicted molar refractivity (Wildman–Crippen MR) is 63.6 cm³/mol. The Hall–Kier alpha value is -1.43. The molecule has 6 heteroatoms. The van der Waals surface area contributed by atoms with Crippen LogP contribution < -0.4 is 5.32 Å². The van der Waals surface area contributed by atoms with Crippen LogP contribution in [-0.4, -0.2) is 39.6 Å². The molecule has 2 atom stereocenters. The molecule has 2 saturated heterocycles. The second kappa shape index (κ2) is 4.68. The molecule has 0 radical (unpaired) electrons. The number of amides is 1. The first-order valence-corrected chi connectivity index (χ1v) is 6.56. The third kappa shape index (κ3) is 2.12. The van der Waals surface area contributed by atoms with Gasteiger partial charge in [0, 0.05) is 32.0 Å². The van der Waals surface area contributed by atoms with Gasteiger partial charge >= 0.3 is 0 Å².